The van der Waals surface area contributed by atoms with Crippen LogP contribution in [0.3, 0.4) is 0 Å². The van der Waals surface area contributed by atoms with Gasteiger partial charge in [-0.15, -0.1) is 0 Å². The number of nitrogens with zero attached hydrogens (tertiary/aromatic N) is 1. The van der Waals surface area contributed by atoms with Gasteiger partial charge < -0.3 is 4.18 Å². The third-order valence-corrected chi connectivity index (χ3v) is 2.46. The number of hydrogen-bond donors (Lipinski definition) is 0. The molecule has 0 N–H and O–H groups in total. The molecule has 0 aliphatic rings. The second-order valence-electron chi connectivity index (χ2n) is 2.65. The van der Waals surface area contributed by atoms with Crippen molar-refractivity contribution in [3.8, 4) is 0 Å². The molecule has 16 heavy (non-hydrogen) atoms. The van der Waals surface area contributed by atoms with E-state index in [4.69, 9.17) is 0 Å². The maximum Gasteiger partial charge on any atom is 0.534 e. The maximum absolute atomic E-state index is 11.9. The molecule has 0 fully saturated rings. The monoisotopic (exact) mass is 253 g/mol. The Balaban J connectivity index is 2.89. The van der Waals surface area contributed by atoms with Crippen LogP contribution in [0.15, 0.2) is 31.1 Å². The Morgan fingerprint density at radius 1 is 1.44 bits per heavy atom. The number of halogens is 3. The van der Waals surface area contributed by atoms with Crippen molar-refractivity contribution in [3.05, 3.63) is 36.7 Å². The molecule has 0 spiro atoms. The third-order valence-electron chi connectivity index (χ3n) is 1.48. The third kappa shape index (κ3) is 2.72. The highest BCUT2D eigenvalue weighted by Crippen LogP contribution is 2.28. The van der Waals surface area contributed by atoms with Gasteiger partial charge in [-0.2, -0.15) is 21.6 Å². The van der Waals surface area contributed by atoms with E-state index in [1.165, 1.54) is 18.3 Å². The Bertz CT molecular complexity index is 481. The van der Waals surface area contributed by atoms with E-state index < -0.39 is 21.4 Å². The summed E-state index contributed by atoms with van der Waals surface area (Å²) in [5.41, 5.74) is -5.42. The highest BCUT2D eigenvalue weighted by atomic mass is 32.2. The lowest BCUT2D eigenvalue weighted by Crippen LogP contribution is -2.24. The number of alkyl halides is 3. The second kappa shape index (κ2) is 4.12. The van der Waals surface area contributed by atoms with E-state index in [1.807, 2.05) is 0 Å². The van der Waals surface area contributed by atoms with E-state index in [0.717, 1.165) is 6.20 Å². The molecular formula is C8H6F3NO3S. The van der Waals surface area contributed by atoms with Crippen LogP contribution in [0, 0.1) is 0 Å². The van der Waals surface area contributed by atoms with E-state index in [1.54, 1.807) is 0 Å². The molecule has 8 heteroatoms. The largest absolute Gasteiger partial charge is 0.534 e. The Hall–Kier alpha value is -1.57. The molecule has 0 bridgehead atoms. The van der Waals surface area contributed by atoms with Crippen molar-refractivity contribution >= 4 is 15.9 Å². The summed E-state index contributed by atoms with van der Waals surface area (Å²) in [4.78, 5) is 3.58. The molecule has 0 unspecified atom stereocenters. The van der Waals surface area contributed by atoms with Gasteiger partial charge in [0.05, 0.1) is 0 Å². The summed E-state index contributed by atoms with van der Waals surface area (Å²) in [5, 5.41) is 0. The van der Waals surface area contributed by atoms with Crippen molar-refractivity contribution < 1.29 is 25.8 Å². The van der Waals surface area contributed by atoms with Crippen LogP contribution < -0.4 is 0 Å². The lowest BCUT2D eigenvalue weighted by molar-refractivity contribution is -0.0509. The van der Waals surface area contributed by atoms with Crippen LogP contribution in [-0.2, 0) is 14.3 Å². The van der Waals surface area contributed by atoms with Crippen LogP contribution in [-0.4, -0.2) is 18.9 Å². The van der Waals surface area contributed by atoms with Crippen LogP contribution >= 0.6 is 0 Å². The first-order valence-corrected chi connectivity index (χ1v) is 5.25. The highest BCUT2D eigenvalue weighted by Gasteiger charge is 2.48. The second-order valence-corrected chi connectivity index (χ2v) is 4.19. The molecule has 0 saturated heterocycles. The first-order valence-electron chi connectivity index (χ1n) is 3.84. The fraction of sp³-hybridized carbons (Fsp3) is 0.125. The fourth-order valence-electron chi connectivity index (χ4n) is 0.755. The van der Waals surface area contributed by atoms with Crippen molar-refractivity contribution in [2.75, 3.05) is 0 Å². The number of aromatic nitrogens is 1. The number of hydrogen-bond acceptors (Lipinski definition) is 4. The molecule has 0 aromatic carbocycles. The molecule has 4 nitrogen and oxygen atoms in total. The fourth-order valence-corrected chi connectivity index (χ4v) is 1.21. The SMILES string of the molecule is C=C(OS(=O)(=O)C(F)(F)F)c1cccnc1. The van der Waals surface area contributed by atoms with Gasteiger partial charge in [0.25, 0.3) is 0 Å². The lowest BCUT2D eigenvalue weighted by atomic mass is 10.3. The molecule has 0 aliphatic heterocycles. The van der Waals surface area contributed by atoms with Crippen LogP contribution in [0.2, 0.25) is 0 Å². The zero-order chi connectivity index (χ0) is 12.4. The Labute approximate surface area is 89.5 Å². The summed E-state index contributed by atoms with van der Waals surface area (Å²) in [5.74, 6) is -0.634. The van der Waals surface area contributed by atoms with Gasteiger partial charge in [0, 0.05) is 18.0 Å². The normalized spacial score (nSPS) is 12.2. The first-order chi connectivity index (χ1) is 7.24. The molecule has 1 heterocycles. The molecular weight excluding hydrogens is 247 g/mol. The van der Waals surface area contributed by atoms with Gasteiger partial charge in [-0.25, -0.2) is 0 Å². The number of rotatable bonds is 3. The van der Waals surface area contributed by atoms with Gasteiger partial charge >= 0.3 is 15.6 Å². The molecule has 1 aromatic heterocycles. The maximum atomic E-state index is 11.9. The van der Waals surface area contributed by atoms with Gasteiger partial charge in [0.15, 0.2) is 0 Å². The average Bonchev–Trinajstić information content (AvgIpc) is 2.16. The van der Waals surface area contributed by atoms with Crippen LogP contribution in [0.5, 0.6) is 0 Å². The van der Waals surface area contributed by atoms with Gasteiger partial charge in [0.2, 0.25) is 0 Å². The molecule has 0 amide bonds. The van der Waals surface area contributed by atoms with Crippen molar-refractivity contribution in [1.29, 1.82) is 0 Å². The smallest absolute Gasteiger partial charge is 0.376 e. The van der Waals surface area contributed by atoms with E-state index in [2.05, 4.69) is 15.7 Å². The van der Waals surface area contributed by atoms with Gasteiger partial charge in [-0.05, 0) is 12.1 Å². The summed E-state index contributed by atoms with van der Waals surface area (Å²) in [6.45, 7) is 3.08. The Morgan fingerprint density at radius 2 is 2.06 bits per heavy atom. The molecule has 0 radical (unpaired) electrons. The summed E-state index contributed by atoms with van der Waals surface area (Å²) >= 11 is 0. The minimum absolute atomic E-state index is 0.0512. The molecule has 1 aromatic rings. The van der Waals surface area contributed by atoms with Gasteiger partial charge in [-0.3, -0.25) is 4.98 Å². The van der Waals surface area contributed by atoms with Crippen LogP contribution in [0.4, 0.5) is 13.2 Å². The summed E-state index contributed by atoms with van der Waals surface area (Å²) < 4.78 is 60.8. The predicted octanol–water partition coefficient (Wildman–Crippen LogP) is 1.92. The minimum Gasteiger partial charge on any atom is -0.376 e. The van der Waals surface area contributed by atoms with E-state index >= 15 is 0 Å². The standard InChI is InChI=1S/C8H6F3NO3S/c1-6(7-3-2-4-12-5-7)15-16(13,14)8(9,10)11/h2-5H,1H2. The molecule has 0 aliphatic carbocycles. The van der Waals surface area contributed by atoms with Crippen molar-refractivity contribution in [2.45, 2.75) is 5.51 Å². The summed E-state index contributed by atoms with van der Waals surface area (Å²) in [6.07, 6.45) is 2.50. The van der Waals surface area contributed by atoms with Gasteiger partial charge in [0.1, 0.15) is 5.76 Å². The van der Waals surface area contributed by atoms with Crippen LogP contribution in [0.25, 0.3) is 5.76 Å². The molecule has 88 valence electrons. The zero-order valence-electron chi connectivity index (χ0n) is 7.73. The highest BCUT2D eigenvalue weighted by molar-refractivity contribution is 7.87. The van der Waals surface area contributed by atoms with Crippen LogP contribution in [0.1, 0.15) is 5.56 Å². The zero-order valence-corrected chi connectivity index (χ0v) is 8.55. The minimum atomic E-state index is -5.67. The van der Waals surface area contributed by atoms with E-state index in [9.17, 15) is 21.6 Å². The quantitative estimate of drug-likeness (QED) is 0.469. The topological polar surface area (TPSA) is 56.3 Å². The van der Waals surface area contributed by atoms with Crippen molar-refractivity contribution in [1.82, 2.24) is 4.98 Å². The number of pyridine rings is 1. The first kappa shape index (κ1) is 12.5. The molecule has 0 atom stereocenters. The van der Waals surface area contributed by atoms with Gasteiger partial charge in [-0.1, -0.05) is 6.58 Å². The lowest BCUT2D eigenvalue weighted by Gasteiger charge is -2.10. The molecule has 1 rings (SSSR count). The summed E-state index contributed by atoms with van der Waals surface area (Å²) in [6, 6.07) is 2.73. The van der Waals surface area contributed by atoms with E-state index in [-0.39, 0.29) is 5.56 Å². The van der Waals surface area contributed by atoms with E-state index in [0.29, 0.717) is 0 Å². The molecule has 0 saturated carbocycles. The Morgan fingerprint density at radius 3 is 2.50 bits per heavy atom. The summed E-state index contributed by atoms with van der Waals surface area (Å²) in [7, 11) is -5.67. The van der Waals surface area contributed by atoms with Crippen molar-refractivity contribution in [2.24, 2.45) is 0 Å². The predicted molar refractivity (Wildman–Crippen MR) is 49.3 cm³/mol. The average molecular weight is 253 g/mol. The van der Waals surface area contributed by atoms with Crippen molar-refractivity contribution in [3.63, 3.8) is 0 Å². The Kier molecular flexibility index (Phi) is 3.22.